The fraction of sp³-hybridized carbons (Fsp3) is 0.0323. The van der Waals surface area contributed by atoms with Crippen molar-refractivity contribution >= 4 is 45.4 Å². The number of non-ortho nitro benzene ring substituents is 1. The van der Waals surface area contributed by atoms with Crippen LogP contribution in [0.2, 0.25) is 0 Å². The Labute approximate surface area is 241 Å². The third-order valence-electron chi connectivity index (χ3n) is 6.40. The van der Waals surface area contributed by atoms with Crippen molar-refractivity contribution in [3.05, 3.63) is 129 Å². The maximum atomic E-state index is 13.6. The number of furan rings is 1. The number of nitro groups is 1. The monoisotopic (exact) mass is 577 g/mol. The van der Waals surface area contributed by atoms with Crippen LogP contribution < -0.4 is 15.6 Å². The highest BCUT2D eigenvalue weighted by Crippen LogP contribution is 2.28. The lowest BCUT2D eigenvalue weighted by Gasteiger charge is -2.10. The number of rotatable bonds is 8. The van der Waals surface area contributed by atoms with Crippen LogP contribution >= 0.6 is 0 Å². The van der Waals surface area contributed by atoms with Crippen LogP contribution in [0.25, 0.3) is 33.5 Å². The van der Waals surface area contributed by atoms with E-state index in [0.29, 0.717) is 22.2 Å². The molecular formula is C31H20FN5O6. The number of aromatic nitrogens is 2. The molecule has 4 aromatic carbocycles. The number of nitrogens with one attached hydrogen (secondary N) is 1. The SMILES string of the molecule is O=C(COc1ccc([N+](=O)[O-])cc1C=Nn1c(-c2cc3ccccc3o2)nc2ccccc2c1=O)Nc1ccc(F)cc1. The summed E-state index contributed by atoms with van der Waals surface area (Å²) in [6.07, 6.45) is 1.21. The number of anilines is 1. The topological polar surface area (TPSA) is 142 Å². The lowest BCUT2D eigenvalue weighted by Crippen LogP contribution is -2.21. The molecule has 0 atom stereocenters. The van der Waals surface area contributed by atoms with E-state index >= 15 is 0 Å². The quantitative estimate of drug-likeness (QED) is 0.138. The summed E-state index contributed by atoms with van der Waals surface area (Å²) in [5.74, 6) is -0.504. The van der Waals surface area contributed by atoms with E-state index in [-0.39, 0.29) is 28.6 Å². The van der Waals surface area contributed by atoms with Crippen molar-refractivity contribution in [1.29, 1.82) is 0 Å². The zero-order chi connectivity index (χ0) is 29.9. The van der Waals surface area contributed by atoms with E-state index in [4.69, 9.17) is 9.15 Å². The lowest BCUT2D eigenvalue weighted by atomic mass is 10.2. The number of benzene rings is 4. The number of nitrogens with zero attached hydrogens (tertiary/aromatic N) is 4. The predicted molar refractivity (Wildman–Crippen MR) is 158 cm³/mol. The van der Waals surface area contributed by atoms with E-state index in [9.17, 15) is 24.1 Å². The summed E-state index contributed by atoms with van der Waals surface area (Å²) >= 11 is 0. The standard InChI is InChI=1S/C31H20FN5O6/c32-21-9-11-22(12-10-21)34-29(38)18-42-26-14-13-23(37(40)41)15-20(26)17-33-36-30(28-16-19-5-1-4-8-27(19)43-28)35-25-7-3-2-6-24(25)31(36)39/h1-17H,18H2,(H,34,38). The highest BCUT2D eigenvalue weighted by Gasteiger charge is 2.17. The van der Waals surface area contributed by atoms with Crippen LogP contribution in [-0.4, -0.2) is 33.3 Å². The third-order valence-corrected chi connectivity index (χ3v) is 6.40. The molecule has 2 aromatic heterocycles. The molecule has 11 nitrogen and oxygen atoms in total. The number of carbonyl (C=O) groups is 1. The average molecular weight is 578 g/mol. The minimum Gasteiger partial charge on any atom is -0.483 e. The summed E-state index contributed by atoms with van der Waals surface area (Å²) in [6, 6.07) is 24.7. The van der Waals surface area contributed by atoms with Gasteiger partial charge in [-0.3, -0.25) is 19.7 Å². The molecule has 0 saturated carbocycles. The van der Waals surface area contributed by atoms with E-state index in [2.05, 4.69) is 15.4 Å². The van der Waals surface area contributed by atoms with Gasteiger partial charge in [0.15, 0.2) is 12.4 Å². The second kappa shape index (κ2) is 11.4. The molecule has 0 bridgehead atoms. The first-order chi connectivity index (χ1) is 20.9. The number of amides is 1. The first-order valence-corrected chi connectivity index (χ1v) is 12.9. The van der Waals surface area contributed by atoms with Gasteiger partial charge >= 0.3 is 0 Å². The highest BCUT2D eigenvalue weighted by molar-refractivity contribution is 5.92. The Morgan fingerprint density at radius 1 is 1.05 bits per heavy atom. The molecular weight excluding hydrogens is 557 g/mol. The zero-order valence-corrected chi connectivity index (χ0v) is 22.1. The summed E-state index contributed by atoms with van der Waals surface area (Å²) in [7, 11) is 0. The molecule has 6 aromatic rings. The smallest absolute Gasteiger partial charge is 0.282 e. The van der Waals surface area contributed by atoms with Gasteiger partial charge < -0.3 is 14.5 Å². The second-order valence-corrected chi connectivity index (χ2v) is 9.29. The molecule has 0 aliphatic heterocycles. The zero-order valence-electron chi connectivity index (χ0n) is 22.1. The molecule has 0 spiro atoms. The molecule has 6 rings (SSSR count). The number of hydrogen-bond donors (Lipinski definition) is 1. The van der Waals surface area contributed by atoms with Crippen LogP contribution in [0.1, 0.15) is 5.56 Å². The van der Waals surface area contributed by atoms with Gasteiger partial charge in [-0.05, 0) is 54.6 Å². The van der Waals surface area contributed by atoms with E-state index < -0.39 is 28.8 Å². The van der Waals surface area contributed by atoms with Crippen LogP contribution in [0.3, 0.4) is 0 Å². The number of halogens is 1. The molecule has 0 aliphatic rings. The highest BCUT2D eigenvalue weighted by atomic mass is 19.1. The number of fused-ring (bicyclic) bond motifs is 2. The van der Waals surface area contributed by atoms with Crippen LogP contribution in [-0.2, 0) is 4.79 Å². The van der Waals surface area contributed by atoms with Gasteiger partial charge in [-0.2, -0.15) is 9.78 Å². The normalized spacial score (nSPS) is 11.3. The Morgan fingerprint density at radius 3 is 2.60 bits per heavy atom. The van der Waals surface area contributed by atoms with Gasteiger partial charge in [-0.1, -0.05) is 30.3 Å². The number of ether oxygens (including phenoxy) is 1. The largest absolute Gasteiger partial charge is 0.483 e. The fourth-order valence-corrected chi connectivity index (χ4v) is 4.36. The van der Waals surface area contributed by atoms with Gasteiger partial charge in [0, 0.05) is 28.8 Å². The Hall–Kier alpha value is -6.17. The molecule has 1 N–H and O–H groups in total. The summed E-state index contributed by atoms with van der Waals surface area (Å²) < 4.78 is 25.8. The Morgan fingerprint density at radius 2 is 1.81 bits per heavy atom. The van der Waals surface area contributed by atoms with Crippen LogP contribution in [0.5, 0.6) is 5.75 Å². The summed E-state index contributed by atoms with van der Waals surface area (Å²) in [5.41, 5.74) is 0.751. The number of nitro benzene ring substituents is 1. The van der Waals surface area contributed by atoms with Crippen LogP contribution in [0.15, 0.2) is 111 Å². The lowest BCUT2D eigenvalue weighted by molar-refractivity contribution is -0.384. The van der Waals surface area contributed by atoms with E-state index in [1.54, 1.807) is 36.4 Å². The van der Waals surface area contributed by atoms with Gasteiger partial charge in [0.1, 0.15) is 17.1 Å². The Kier molecular flexibility index (Phi) is 7.15. The van der Waals surface area contributed by atoms with Gasteiger partial charge in [0.05, 0.1) is 22.0 Å². The van der Waals surface area contributed by atoms with Gasteiger partial charge in [-0.25, -0.2) is 9.37 Å². The number of para-hydroxylation sites is 2. The maximum absolute atomic E-state index is 13.6. The Bertz CT molecular complexity index is 2070. The molecule has 2 heterocycles. The first-order valence-electron chi connectivity index (χ1n) is 12.9. The second-order valence-electron chi connectivity index (χ2n) is 9.29. The first kappa shape index (κ1) is 27.0. The van der Waals surface area contributed by atoms with Gasteiger partial charge in [0.2, 0.25) is 5.82 Å². The van der Waals surface area contributed by atoms with Crippen molar-refractivity contribution in [2.24, 2.45) is 5.10 Å². The van der Waals surface area contributed by atoms with Crippen molar-refractivity contribution in [2.75, 3.05) is 11.9 Å². The maximum Gasteiger partial charge on any atom is 0.282 e. The molecule has 12 heteroatoms. The Balaban J connectivity index is 1.37. The van der Waals surface area contributed by atoms with Crippen molar-refractivity contribution in [1.82, 2.24) is 9.66 Å². The van der Waals surface area contributed by atoms with Gasteiger partial charge in [-0.15, -0.1) is 0 Å². The summed E-state index contributed by atoms with van der Waals surface area (Å²) in [4.78, 5) is 41.6. The molecule has 0 saturated heterocycles. The average Bonchev–Trinajstić information content (AvgIpc) is 3.45. The van der Waals surface area contributed by atoms with Crippen LogP contribution in [0, 0.1) is 15.9 Å². The molecule has 43 heavy (non-hydrogen) atoms. The summed E-state index contributed by atoms with van der Waals surface area (Å²) in [6.45, 7) is -0.461. The molecule has 0 unspecified atom stereocenters. The molecule has 0 radical (unpaired) electrons. The van der Waals surface area contributed by atoms with Crippen molar-refractivity contribution in [2.45, 2.75) is 0 Å². The number of carbonyl (C=O) groups excluding carboxylic acids is 1. The summed E-state index contributed by atoms with van der Waals surface area (Å²) in [5, 5.41) is 19.5. The molecule has 1 amide bonds. The minimum atomic E-state index is -0.591. The molecule has 0 aliphatic carbocycles. The van der Waals surface area contributed by atoms with Crippen molar-refractivity contribution in [3.8, 4) is 17.3 Å². The predicted octanol–water partition coefficient (Wildman–Crippen LogP) is 5.76. The van der Waals surface area contributed by atoms with Gasteiger partial charge in [0.25, 0.3) is 17.2 Å². The van der Waals surface area contributed by atoms with E-state index in [1.807, 2.05) is 18.2 Å². The molecule has 212 valence electrons. The minimum absolute atomic E-state index is 0.0932. The van der Waals surface area contributed by atoms with Crippen molar-refractivity contribution in [3.63, 3.8) is 0 Å². The fourth-order valence-electron chi connectivity index (χ4n) is 4.36. The number of hydrogen-bond acceptors (Lipinski definition) is 8. The van der Waals surface area contributed by atoms with E-state index in [1.165, 1.54) is 48.7 Å². The molecule has 0 fully saturated rings. The van der Waals surface area contributed by atoms with E-state index in [0.717, 1.165) is 10.1 Å². The van der Waals surface area contributed by atoms with Crippen molar-refractivity contribution < 1.29 is 23.3 Å². The third kappa shape index (κ3) is 5.70. The van der Waals surface area contributed by atoms with Crippen LogP contribution in [0.4, 0.5) is 15.8 Å².